The Morgan fingerprint density at radius 3 is 2.72 bits per heavy atom. The molecule has 0 aliphatic rings. The van der Waals surface area contributed by atoms with Crippen molar-refractivity contribution in [1.82, 2.24) is 10.2 Å². The van der Waals surface area contributed by atoms with Crippen molar-refractivity contribution in [3.63, 3.8) is 0 Å². The standard InChI is InChI=1S/C12H14FN3O2/c1-7(2)17-10-4-3-8(5-9(10)13)12-16-15-11(6-14)18-12/h3-5,7H,6,14H2,1-2H3. The zero-order valence-corrected chi connectivity index (χ0v) is 10.2. The van der Waals surface area contributed by atoms with Gasteiger partial charge in [0.2, 0.25) is 11.8 Å². The molecule has 2 aromatic rings. The second-order valence-corrected chi connectivity index (χ2v) is 4.02. The molecule has 0 saturated heterocycles. The molecule has 6 heteroatoms. The predicted molar refractivity (Wildman–Crippen MR) is 63.3 cm³/mol. The molecule has 0 fully saturated rings. The molecule has 2 rings (SSSR count). The molecule has 0 radical (unpaired) electrons. The number of nitrogens with two attached hydrogens (primary N) is 1. The van der Waals surface area contributed by atoms with E-state index in [0.29, 0.717) is 11.5 Å². The molecular formula is C12H14FN3O2. The van der Waals surface area contributed by atoms with Crippen LogP contribution in [0.25, 0.3) is 11.5 Å². The van der Waals surface area contributed by atoms with Gasteiger partial charge in [0.1, 0.15) is 0 Å². The Balaban J connectivity index is 2.28. The zero-order valence-electron chi connectivity index (χ0n) is 10.2. The summed E-state index contributed by atoms with van der Waals surface area (Å²) in [7, 11) is 0. The predicted octanol–water partition coefficient (Wildman–Crippen LogP) is 2.12. The van der Waals surface area contributed by atoms with Crippen LogP contribution in [0.15, 0.2) is 22.6 Å². The summed E-state index contributed by atoms with van der Waals surface area (Å²) in [6.07, 6.45) is -0.0856. The lowest BCUT2D eigenvalue weighted by Gasteiger charge is -2.10. The van der Waals surface area contributed by atoms with Crippen molar-refractivity contribution in [3.05, 3.63) is 29.9 Å². The fourth-order valence-corrected chi connectivity index (χ4v) is 1.44. The molecule has 1 heterocycles. The van der Waals surface area contributed by atoms with E-state index in [1.165, 1.54) is 12.1 Å². The van der Waals surface area contributed by atoms with E-state index >= 15 is 0 Å². The summed E-state index contributed by atoms with van der Waals surface area (Å²) in [5.74, 6) is 0.291. The first-order valence-electron chi connectivity index (χ1n) is 5.59. The summed E-state index contributed by atoms with van der Waals surface area (Å²) in [6.45, 7) is 3.82. The number of rotatable bonds is 4. The summed E-state index contributed by atoms with van der Waals surface area (Å²) in [5.41, 5.74) is 5.86. The van der Waals surface area contributed by atoms with Crippen molar-refractivity contribution in [2.45, 2.75) is 26.5 Å². The Labute approximate surface area is 104 Å². The summed E-state index contributed by atoms with van der Waals surface area (Å²) < 4.78 is 24.3. The number of aromatic nitrogens is 2. The highest BCUT2D eigenvalue weighted by Crippen LogP contribution is 2.25. The molecule has 0 aliphatic heterocycles. The number of hydrogen-bond donors (Lipinski definition) is 1. The number of hydrogen-bond acceptors (Lipinski definition) is 5. The molecule has 0 atom stereocenters. The topological polar surface area (TPSA) is 74.2 Å². The molecule has 2 N–H and O–H groups in total. The van der Waals surface area contributed by atoms with Gasteiger partial charge in [0.05, 0.1) is 12.6 Å². The van der Waals surface area contributed by atoms with E-state index < -0.39 is 5.82 Å². The molecule has 0 bridgehead atoms. The van der Waals surface area contributed by atoms with E-state index in [0.717, 1.165) is 0 Å². The van der Waals surface area contributed by atoms with Gasteiger partial charge in [-0.3, -0.25) is 0 Å². The van der Waals surface area contributed by atoms with Crippen LogP contribution in [-0.2, 0) is 6.54 Å². The third-order valence-electron chi connectivity index (χ3n) is 2.18. The Hall–Kier alpha value is -1.95. The van der Waals surface area contributed by atoms with Crippen molar-refractivity contribution in [2.75, 3.05) is 0 Å². The van der Waals surface area contributed by atoms with E-state index in [1.54, 1.807) is 6.07 Å². The van der Waals surface area contributed by atoms with E-state index in [1.807, 2.05) is 13.8 Å². The zero-order chi connectivity index (χ0) is 13.1. The molecule has 0 spiro atoms. The second-order valence-electron chi connectivity index (χ2n) is 4.02. The lowest BCUT2D eigenvalue weighted by Crippen LogP contribution is -2.06. The number of halogens is 1. The SMILES string of the molecule is CC(C)Oc1ccc(-c2nnc(CN)o2)cc1F. The van der Waals surface area contributed by atoms with Crippen LogP contribution in [0.2, 0.25) is 0 Å². The van der Waals surface area contributed by atoms with Gasteiger partial charge in [0.15, 0.2) is 11.6 Å². The first-order chi connectivity index (χ1) is 8.60. The summed E-state index contributed by atoms with van der Waals surface area (Å²) in [4.78, 5) is 0. The van der Waals surface area contributed by atoms with Crippen molar-refractivity contribution >= 4 is 0 Å². The maximum absolute atomic E-state index is 13.7. The van der Waals surface area contributed by atoms with Gasteiger partial charge in [0.25, 0.3) is 0 Å². The average Bonchev–Trinajstić information content (AvgIpc) is 2.80. The van der Waals surface area contributed by atoms with Gasteiger partial charge in [0, 0.05) is 5.56 Å². The second kappa shape index (κ2) is 5.14. The van der Waals surface area contributed by atoms with E-state index in [9.17, 15) is 4.39 Å². The average molecular weight is 251 g/mol. The first-order valence-corrected chi connectivity index (χ1v) is 5.59. The minimum absolute atomic E-state index is 0.0856. The fourth-order valence-electron chi connectivity index (χ4n) is 1.44. The van der Waals surface area contributed by atoms with Crippen molar-refractivity contribution in [3.8, 4) is 17.2 Å². The Bertz CT molecular complexity index is 540. The van der Waals surface area contributed by atoms with Gasteiger partial charge in [-0.05, 0) is 32.0 Å². The normalized spacial score (nSPS) is 10.9. The molecule has 0 saturated carbocycles. The Morgan fingerprint density at radius 1 is 1.39 bits per heavy atom. The molecule has 18 heavy (non-hydrogen) atoms. The number of ether oxygens (including phenoxy) is 1. The Kier molecular flexibility index (Phi) is 3.57. The van der Waals surface area contributed by atoms with Crippen molar-refractivity contribution in [1.29, 1.82) is 0 Å². The van der Waals surface area contributed by atoms with Crippen LogP contribution in [0.1, 0.15) is 19.7 Å². The highest BCUT2D eigenvalue weighted by molar-refractivity contribution is 5.54. The third kappa shape index (κ3) is 2.65. The maximum atomic E-state index is 13.7. The molecule has 1 aromatic carbocycles. The van der Waals surface area contributed by atoms with Crippen LogP contribution < -0.4 is 10.5 Å². The van der Waals surface area contributed by atoms with Crippen LogP contribution in [0, 0.1) is 5.82 Å². The first kappa shape index (κ1) is 12.5. The largest absolute Gasteiger partial charge is 0.488 e. The monoisotopic (exact) mass is 251 g/mol. The van der Waals surface area contributed by atoms with Crippen molar-refractivity contribution in [2.24, 2.45) is 5.73 Å². The molecule has 1 aromatic heterocycles. The number of benzene rings is 1. The van der Waals surface area contributed by atoms with Crippen molar-refractivity contribution < 1.29 is 13.5 Å². The quantitative estimate of drug-likeness (QED) is 0.900. The summed E-state index contributed by atoms with van der Waals surface area (Å²) in [5, 5.41) is 7.50. The highest BCUT2D eigenvalue weighted by atomic mass is 19.1. The molecule has 5 nitrogen and oxygen atoms in total. The lowest BCUT2D eigenvalue weighted by molar-refractivity contribution is 0.231. The van der Waals surface area contributed by atoms with E-state index in [-0.39, 0.29) is 24.3 Å². The van der Waals surface area contributed by atoms with Gasteiger partial charge in [-0.15, -0.1) is 10.2 Å². The third-order valence-corrected chi connectivity index (χ3v) is 2.18. The molecule has 0 aliphatic carbocycles. The summed E-state index contributed by atoms with van der Waals surface area (Å²) >= 11 is 0. The fraction of sp³-hybridized carbons (Fsp3) is 0.333. The molecule has 0 unspecified atom stereocenters. The van der Waals surface area contributed by atoms with Crippen LogP contribution in [0.4, 0.5) is 4.39 Å². The minimum Gasteiger partial charge on any atom is -0.488 e. The number of nitrogens with zero attached hydrogens (tertiary/aromatic N) is 2. The highest BCUT2D eigenvalue weighted by Gasteiger charge is 2.12. The van der Waals surface area contributed by atoms with Gasteiger partial charge in [-0.2, -0.15) is 0 Å². The summed E-state index contributed by atoms with van der Waals surface area (Å²) in [6, 6.07) is 4.50. The van der Waals surface area contributed by atoms with Gasteiger partial charge in [-0.25, -0.2) is 4.39 Å². The van der Waals surface area contributed by atoms with Crippen LogP contribution in [0.5, 0.6) is 5.75 Å². The maximum Gasteiger partial charge on any atom is 0.247 e. The lowest BCUT2D eigenvalue weighted by atomic mass is 10.2. The molecular weight excluding hydrogens is 237 g/mol. The van der Waals surface area contributed by atoms with Crippen LogP contribution in [0.3, 0.4) is 0 Å². The van der Waals surface area contributed by atoms with E-state index in [2.05, 4.69) is 10.2 Å². The minimum atomic E-state index is -0.464. The van der Waals surface area contributed by atoms with Crippen LogP contribution in [-0.4, -0.2) is 16.3 Å². The Morgan fingerprint density at radius 2 is 2.17 bits per heavy atom. The van der Waals surface area contributed by atoms with Gasteiger partial charge in [-0.1, -0.05) is 0 Å². The molecule has 0 amide bonds. The van der Waals surface area contributed by atoms with E-state index in [4.69, 9.17) is 14.9 Å². The van der Waals surface area contributed by atoms with Gasteiger partial charge >= 0.3 is 0 Å². The van der Waals surface area contributed by atoms with Gasteiger partial charge < -0.3 is 14.9 Å². The van der Waals surface area contributed by atoms with Crippen LogP contribution >= 0.6 is 0 Å². The smallest absolute Gasteiger partial charge is 0.247 e. The molecule has 96 valence electrons.